The van der Waals surface area contributed by atoms with Crippen molar-refractivity contribution in [2.24, 2.45) is 0 Å². The van der Waals surface area contributed by atoms with E-state index in [1.807, 2.05) is 38.1 Å². The third kappa shape index (κ3) is 2.29. The van der Waals surface area contributed by atoms with Gasteiger partial charge < -0.3 is 0 Å². The highest BCUT2D eigenvalue weighted by molar-refractivity contribution is 8.04. The van der Waals surface area contributed by atoms with Crippen molar-refractivity contribution in [2.45, 2.75) is 25.8 Å². The molecule has 0 bridgehead atoms. The third-order valence-corrected chi connectivity index (χ3v) is 4.36. The molecule has 1 aliphatic heterocycles. The number of benzene rings is 1. The summed E-state index contributed by atoms with van der Waals surface area (Å²) in [7, 11) is 0. The number of fused-ring (bicyclic) bond motifs is 1. The second-order valence-electron chi connectivity index (χ2n) is 5.11. The summed E-state index contributed by atoms with van der Waals surface area (Å²) in [4.78, 5) is 17.7. The van der Waals surface area contributed by atoms with E-state index in [4.69, 9.17) is 0 Å². The fourth-order valence-corrected chi connectivity index (χ4v) is 3.48. The Kier molecular flexibility index (Phi) is 3.22. The lowest BCUT2D eigenvalue weighted by Crippen LogP contribution is -1.99. The Hall–Kier alpha value is -1.87. The molecule has 2 nitrogen and oxygen atoms in total. The average molecular weight is 281 g/mol. The van der Waals surface area contributed by atoms with Crippen molar-refractivity contribution in [2.75, 3.05) is 0 Å². The van der Waals surface area contributed by atoms with Crippen molar-refractivity contribution < 1.29 is 4.79 Å². The van der Waals surface area contributed by atoms with Gasteiger partial charge in [-0.15, -0.1) is 0 Å². The number of pyridine rings is 1. The Morgan fingerprint density at radius 2 is 1.80 bits per heavy atom. The standard InChI is InChI=1S/C17H15NOS/c1-10-4-6-13(7-5-10)9-14-16(19)15-11(2)8-12(3)18-17(15)20-14/h4-9H,1-3H3. The maximum atomic E-state index is 12.5. The van der Waals surface area contributed by atoms with E-state index in [2.05, 4.69) is 24.0 Å². The van der Waals surface area contributed by atoms with Crippen molar-refractivity contribution in [3.8, 4) is 0 Å². The molecule has 0 atom stereocenters. The number of aryl methyl sites for hydroxylation is 3. The normalized spacial score (nSPS) is 15.8. The zero-order valence-electron chi connectivity index (χ0n) is 11.7. The molecule has 1 aromatic heterocycles. The molecule has 2 aromatic rings. The van der Waals surface area contributed by atoms with Gasteiger partial charge in [0.2, 0.25) is 5.78 Å². The van der Waals surface area contributed by atoms with Gasteiger partial charge in [0, 0.05) is 5.69 Å². The van der Waals surface area contributed by atoms with Crippen LogP contribution in [0, 0.1) is 20.8 Å². The number of hydrogen-bond donors (Lipinski definition) is 0. The van der Waals surface area contributed by atoms with Gasteiger partial charge >= 0.3 is 0 Å². The summed E-state index contributed by atoms with van der Waals surface area (Å²) < 4.78 is 0. The van der Waals surface area contributed by atoms with Crippen LogP contribution in [-0.4, -0.2) is 10.8 Å². The summed E-state index contributed by atoms with van der Waals surface area (Å²) in [6.45, 7) is 5.99. The number of ketones is 1. The van der Waals surface area contributed by atoms with Crippen LogP contribution < -0.4 is 0 Å². The van der Waals surface area contributed by atoms with Gasteiger partial charge in [0.15, 0.2) is 0 Å². The summed E-state index contributed by atoms with van der Waals surface area (Å²) in [6, 6.07) is 10.1. The fourth-order valence-electron chi connectivity index (χ4n) is 2.34. The topological polar surface area (TPSA) is 30.0 Å². The van der Waals surface area contributed by atoms with E-state index in [9.17, 15) is 4.79 Å². The predicted molar refractivity (Wildman–Crippen MR) is 83.1 cm³/mol. The number of allylic oxidation sites excluding steroid dienone is 1. The first-order valence-electron chi connectivity index (χ1n) is 6.54. The molecule has 0 N–H and O–H groups in total. The molecule has 1 aromatic carbocycles. The van der Waals surface area contributed by atoms with E-state index in [0.717, 1.165) is 32.3 Å². The van der Waals surface area contributed by atoms with Crippen molar-refractivity contribution in [1.29, 1.82) is 0 Å². The lowest BCUT2D eigenvalue weighted by Gasteiger charge is -2.01. The van der Waals surface area contributed by atoms with Gasteiger partial charge in [-0.05, 0) is 44.0 Å². The van der Waals surface area contributed by atoms with Crippen LogP contribution in [0.3, 0.4) is 0 Å². The van der Waals surface area contributed by atoms with E-state index in [1.54, 1.807) is 0 Å². The van der Waals surface area contributed by atoms with Crippen LogP contribution in [0.1, 0.15) is 32.7 Å². The van der Waals surface area contributed by atoms with Crippen molar-refractivity contribution in [1.82, 2.24) is 4.98 Å². The smallest absolute Gasteiger partial charge is 0.202 e. The molecule has 0 spiro atoms. The van der Waals surface area contributed by atoms with Crippen LogP contribution in [0.4, 0.5) is 0 Å². The van der Waals surface area contributed by atoms with E-state index < -0.39 is 0 Å². The summed E-state index contributed by atoms with van der Waals surface area (Å²) >= 11 is 1.47. The molecule has 20 heavy (non-hydrogen) atoms. The Balaban J connectivity index is 2.01. The summed E-state index contributed by atoms with van der Waals surface area (Å²) in [5.74, 6) is 0.0931. The van der Waals surface area contributed by atoms with E-state index in [-0.39, 0.29) is 5.78 Å². The molecular formula is C17H15NOS. The van der Waals surface area contributed by atoms with Crippen LogP contribution in [0.2, 0.25) is 0 Å². The van der Waals surface area contributed by atoms with E-state index in [1.165, 1.54) is 17.3 Å². The SMILES string of the molecule is Cc1ccc(C=C2Sc3nc(C)cc(C)c3C2=O)cc1. The maximum Gasteiger partial charge on any atom is 0.202 e. The van der Waals surface area contributed by atoms with E-state index in [0.29, 0.717) is 0 Å². The fraction of sp³-hybridized carbons (Fsp3) is 0.176. The monoisotopic (exact) mass is 281 g/mol. The molecule has 0 radical (unpaired) electrons. The minimum absolute atomic E-state index is 0.0931. The minimum Gasteiger partial charge on any atom is -0.288 e. The first-order chi connectivity index (χ1) is 9.54. The highest BCUT2D eigenvalue weighted by Gasteiger charge is 2.29. The number of nitrogens with zero attached hydrogens (tertiary/aromatic N) is 1. The number of rotatable bonds is 1. The number of Topliss-reactive ketones (excluding diaryl/α,β-unsaturated/α-hetero) is 1. The highest BCUT2D eigenvalue weighted by atomic mass is 32.2. The van der Waals surface area contributed by atoms with Crippen molar-refractivity contribution in [3.63, 3.8) is 0 Å². The molecule has 0 saturated heterocycles. The Morgan fingerprint density at radius 1 is 1.10 bits per heavy atom. The highest BCUT2D eigenvalue weighted by Crippen LogP contribution is 2.41. The Morgan fingerprint density at radius 3 is 2.50 bits per heavy atom. The molecule has 0 saturated carbocycles. The zero-order chi connectivity index (χ0) is 14.3. The summed E-state index contributed by atoms with van der Waals surface area (Å²) in [6.07, 6.45) is 1.95. The van der Waals surface area contributed by atoms with Crippen LogP contribution in [-0.2, 0) is 0 Å². The molecule has 1 aliphatic rings. The van der Waals surface area contributed by atoms with Gasteiger partial charge in [-0.1, -0.05) is 41.6 Å². The van der Waals surface area contributed by atoms with Crippen molar-refractivity contribution in [3.05, 3.63) is 63.2 Å². The first kappa shape index (κ1) is 13.1. The molecule has 3 rings (SSSR count). The quantitative estimate of drug-likeness (QED) is 0.728. The van der Waals surface area contributed by atoms with Gasteiger partial charge in [-0.2, -0.15) is 0 Å². The van der Waals surface area contributed by atoms with Crippen LogP contribution in [0.25, 0.3) is 6.08 Å². The Bertz CT molecular complexity index is 729. The average Bonchev–Trinajstić information content (AvgIpc) is 2.69. The van der Waals surface area contributed by atoms with Gasteiger partial charge in [-0.3, -0.25) is 4.79 Å². The molecule has 0 amide bonds. The van der Waals surface area contributed by atoms with E-state index >= 15 is 0 Å². The molecule has 3 heteroatoms. The molecule has 2 heterocycles. The number of aromatic nitrogens is 1. The molecule has 0 fully saturated rings. The third-order valence-electron chi connectivity index (χ3n) is 3.34. The number of thioether (sulfide) groups is 1. The largest absolute Gasteiger partial charge is 0.288 e. The van der Waals surface area contributed by atoms with Gasteiger partial charge in [0.05, 0.1) is 10.5 Å². The van der Waals surface area contributed by atoms with Gasteiger partial charge in [-0.25, -0.2) is 4.98 Å². The molecular weight excluding hydrogens is 266 g/mol. The molecule has 0 aliphatic carbocycles. The Labute approximate surface area is 122 Å². The number of carbonyl (C=O) groups excluding carboxylic acids is 1. The first-order valence-corrected chi connectivity index (χ1v) is 7.35. The lowest BCUT2D eigenvalue weighted by atomic mass is 10.1. The predicted octanol–water partition coefficient (Wildman–Crippen LogP) is 4.34. The van der Waals surface area contributed by atoms with Crippen LogP contribution in [0.5, 0.6) is 0 Å². The summed E-state index contributed by atoms with van der Waals surface area (Å²) in [5, 5.41) is 0.839. The van der Waals surface area contributed by atoms with Crippen LogP contribution in [0.15, 0.2) is 40.3 Å². The van der Waals surface area contributed by atoms with Gasteiger partial charge in [0.25, 0.3) is 0 Å². The van der Waals surface area contributed by atoms with Crippen LogP contribution >= 0.6 is 11.8 Å². The lowest BCUT2D eigenvalue weighted by molar-refractivity contribution is 0.104. The number of carbonyl (C=O) groups is 1. The van der Waals surface area contributed by atoms with Gasteiger partial charge in [0.1, 0.15) is 5.03 Å². The maximum absolute atomic E-state index is 12.5. The van der Waals surface area contributed by atoms with Crippen molar-refractivity contribution >= 4 is 23.6 Å². The minimum atomic E-state index is 0.0931. The molecule has 100 valence electrons. The second-order valence-corrected chi connectivity index (χ2v) is 6.14. The molecule has 0 unspecified atom stereocenters. The number of hydrogen-bond acceptors (Lipinski definition) is 3. The zero-order valence-corrected chi connectivity index (χ0v) is 12.5. The summed E-state index contributed by atoms with van der Waals surface area (Å²) in [5.41, 5.74) is 5.00. The second kappa shape index (κ2) is 4.91.